The van der Waals surface area contributed by atoms with Crippen LogP contribution in [0.5, 0.6) is 5.75 Å². The molecule has 0 radical (unpaired) electrons. The summed E-state index contributed by atoms with van der Waals surface area (Å²) in [6.45, 7) is 0.748. The summed E-state index contributed by atoms with van der Waals surface area (Å²) in [5.41, 5.74) is 0.929. The average molecular weight is 338 g/mol. The summed E-state index contributed by atoms with van der Waals surface area (Å²) in [6.07, 6.45) is 0.586. The highest BCUT2D eigenvalue weighted by atomic mass is 32.2. The quantitative estimate of drug-likeness (QED) is 0.912. The van der Waals surface area contributed by atoms with E-state index >= 15 is 0 Å². The monoisotopic (exact) mass is 338 g/mol. The van der Waals surface area contributed by atoms with Crippen LogP contribution in [-0.2, 0) is 4.79 Å². The fourth-order valence-electron chi connectivity index (χ4n) is 2.89. The molecule has 2 saturated heterocycles. The van der Waals surface area contributed by atoms with E-state index < -0.39 is 0 Å². The van der Waals surface area contributed by atoms with Crippen molar-refractivity contribution in [3.63, 3.8) is 0 Å². The van der Waals surface area contributed by atoms with Crippen LogP contribution in [0.3, 0.4) is 0 Å². The fourth-order valence-corrected chi connectivity index (χ4v) is 5.32. The molecule has 0 saturated carbocycles. The number of amides is 1. The summed E-state index contributed by atoms with van der Waals surface area (Å²) in [7, 11) is 1.65. The number of carbonyl (C=O) groups excluding carboxylic acids is 1. The third kappa shape index (κ3) is 3.91. The molecule has 0 spiro atoms. The fraction of sp³-hybridized carbons (Fsp3) is 0.562. The predicted molar refractivity (Wildman–Crippen MR) is 95.3 cm³/mol. The largest absolute Gasteiger partial charge is 0.497 e. The first-order chi connectivity index (χ1) is 10.8. The highest BCUT2D eigenvalue weighted by Gasteiger charge is 2.32. The maximum atomic E-state index is 12.3. The molecule has 6 heteroatoms. The minimum atomic E-state index is 0.194. The minimum Gasteiger partial charge on any atom is -0.497 e. The van der Waals surface area contributed by atoms with Crippen molar-refractivity contribution in [3.8, 4) is 5.75 Å². The number of anilines is 1. The summed E-state index contributed by atoms with van der Waals surface area (Å²) in [5.74, 6) is 5.76. The first-order valence-corrected chi connectivity index (χ1v) is 9.93. The lowest BCUT2D eigenvalue weighted by atomic mass is 10.2. The number of ether oxygens (including phenoxy) is 1. The Bertz CT molecular complexity index is 519. The number of thioether (sulfide) groups is 2. The SMILES string of the molecule is COc1cccc(N2C[C@@H](NC3CSCCSC3)CC2=O)c1. The molecule has 2 heterocycles. The molecule has 1 aromatic rings. The first kappa shape index (κ1) is 16.0. The third-order valence-electron chi connectivity index (χ3n) is 3.97. The zero-order valence-electron chi connectivity index (χ0n) is 12.8. The zero-order chi connectivity index (χ0) is 15.4. The number of methoxy groups -OCH3 is 1. The van der Waals surface area contributed by atoms with Gasteiger partial charge < -0.3 is 15.0 Å². The molecule has 4 nitrogen and oxygen atoms in total. The molecule has 1 atom stereocenters. The van der Waals surface area contributed by atoms with Crippen LogP contribution < -0.4 is 15.0 Å². The van der Waals surface area contributed by atoms with Gasteiger partial charge in [0.05, 0.1) is 7.11 Å². The van der Waals surface area contributed by atoms with E-state index in [1.165, 1.54) is 11.5 Å². The number of carbonyl (C=O) groups is 1. The van der Waals surface area contributed by atoms with Gasteiger partial charge in [0.25, 0.3) is 0 Å². The molecule has 2 aliphatic heterocycles. The van der Waals surface area contributed by atoms with Crippen LogP contribution in [0.15, 0.2) is 24.3 Å². The van der Waals surface area contributed by atoms with Crippen LogP contribution in [0.2, 0.25) is 0 Å². The Morgan fingerprint density at radius 3 is 2.73 bits per heavy atom. The van der Waals surface area contributed by atoms with Crippen molar-refractivity contribution in [2.45, 2.75) is 18.5 Å². The molecule has 3 rings (SSSR count). The van der Waals surface area contributed by atoms with Gasteiger partial charge in [0.1, 0.15) is 5.75 Å². The molecule has 0 unspecified atom stereocenters. The molecule has 2 fully saturated rings. The van der Waals surface area contributed by atoms with Crippen LogP contribution in [0.25, 0.3) is 0 Å². The molecule has 0 bridgehead atoms. The molecule has 2 aliphatic rings. The zero-order valence-corrected chi connectivity index (χ0v) is 14.4. The Hall–Kier alpha value is -0.850. The summed E-state index contributed by atoms with van der Waals surface area (Å²) >= 11 is 4.02. The first-order valence-electron chi connectivity index (χ1n) is 7.62. The molecule has 1 amide bonds. The molecule has 0 aliphatic carbocycles. The van der Waals surface area contributed by atoms with Crippen molar-refractivity contribution in [3.05, 3.63) is 24.3 Å². The highest BCUT2D eigenvalue weighted by Crippen LogP contribution is 2.26. The number of hydrogen-bond donors (Lipinski definition) is 1. The van der Waals surface area contributed by atoms with E-state index in [4.69, 9.17) is 4.74 Å². The molecular weight excluding hydrogens is 316 g/mol. The van der Waals surface area contributed by atoms with Gasteiger partial charge in [-0.25, -0.2) is 0 Å². The third-order valence-corrected chi connectivity index (χ3v) is 6.49. The molecule has 120 valence electrons. The Morgan fingerprint density at radius 1 is 1.23 bits per heavy atom. The lowest BCUT2D eigenvalue weighted by Crippen LogP contribution is -2.42. The second-order valence-corrected chi connectivity index (χ2v) is 7.92. The van der Waals surface area contributed by atoms with Gasteiger partial charge in [-0.2, -0.15) is 23.5 Å². The van der Waals surface area contributed by atoms with E-state index in [9.17, 15) is 4.79 Å². The van der Waals surface area contributed by atoms with Crippen LogP contribution in [0.1, 0.15) is 6.42 Å². The molecule has 0 aromatic heterocycles. The molecule has 1 aromatic carbocycles. The van der Waals surface area contributed by atoms with Crippen molar-refractivity contribution in [2.75, 3.05) is 41.6 Å². The number of nitrogens with zero attached hydrogens (tertiary/aromatic N) is 1. The van der Waals surface area contributed by atoms with Crippen molar-refractivity contribution >= 4 is 35.1 Å². The Labute approximate surface area is 140 Å². The van der Waals surface area contributed by atoms with Gasteiger partial charge in [0.15, 0.2) is 0 Å². The van der Waals surface area contributed by atoms with Crippen LogP contribution in [0.4, 0.5) is 5.69 Å². The second kappa shape index (κ2) is 7.62. The van der Waals surface area contributed by atoms with Gasteiger partial charge in [0, 0.05) is 59.8 Å². The summed E-state index contributed by atoms with van der Waals surface area (Å²) in [6, 6.07) is 8.50. The Morgan fingerprint density at radius 2 is 2.00 bits per heavy atom. The van der Waals surface area contributed by atoms with Crippen molar-refractivity contribution < 1.29 is 9.53 Å². The van der Waals surface area contributed by atoms with Gasteiger partial charge in [-0.1, -0.05) is 6.07 Å². The standard InChI is InChI=1S/C16H22N2O2S2/c1-20-15-4-2-3-14(8-15)18-9-12(7-16(18)19)17-13-10-21-5-6-22-11-13/h2-4,8,12-13,17H,5-7,9-11H2,1H3/t12-/m0/s1. The summed E-state index contributed by atoms with van der Waals surface area (Å²) in [5, 5.41) is 3.68. The minimum absolute atomic E-state index is 0.194. The molecular formula is C16H22N2O2S2. The maximum Gasteiger partial charge on any atom is 0.228 e. The van der Waals surface area contributed by atoms with E-state index in [-0.39, 0.29) is 11.9 Å². The van der Waals surface area contributed by atoms with Gasteiger partial charge in [-0.3, -0.25) is 4.79 Å². The van der Waals surface area contributed by atoms with Crippen LogP contribution >= 0.6 is 23.5 Å². The topological polar surface area (TPSA) is 41.6 Å². The normalized spacial score (nSPS) is 23.6. The van der Waals surface area contributed by atoms with Crippen LogP contribution in [0, 0.1) is 0 Å². The summed E-state index contributed by atoms with van der Waals surface area (Å²) in [4.78, 5) is 14.2. The lowest BCUT2D eigenvalue weighted by molar-refractivity contribution is -0.117. The van der Waals surface area contributed by atoms with Crippen molar-refractivity contribution in [1.82, 2.24) is 5.32 Å². The van der Waals surface area contributed by atoms with Crippen molar-refractivity contribution in [2.24, 2.45) is 0 Å². The average Bonchev–Trinajstić information content (AvgIpc) is 2.74. The van der Waals surface area contributed by atoms with E-state index in [0.717, 1.165) is 29.5 Å². The van der Waals surface area contributed by atoms with Gasteiger partial charge in [-0.15, -0.1) is 0 Å². The Balaban J connectivity index is 1.62. The smallest absolute Gasteiger partial charge is 0.228 e. The maximum absolute atomic E-state index is 12.3. The molecule has 22 heavy (non-hydrogen) atoms. The number of rotatable bonds is 4. The van der Waals surface area contributed by atoms with E-state index in [2.05, 4.69) is 5.32 Å². The summed E-state index contributed by atoms with van der Waals surface area (Å²) < 4.78 is 5.25. The number of hydrogen-bond acceptors (Lipinski definition) is 5. The Kier molecular flexibility index (Phi) is 5.55. The number of nitrogens with one attached hydrogen (secondary N) is 1. The van der Waals surface area contributed by atoms with Gasteiger partial charge >= 0.3 is 0 Å². The number of benzene rings is 1. The predicted octanol–water partition coefficient (Wildman–Crippen LogP) is 2.24. The van der Waals surface area contributed by atoms with Crippen LogP contribution in [-0.4, -0.2) is 54.7 Å². The van der Waals surface area contributed by atoms with Crippen molar-refractivity contribution in [1.29, 1.82) is 0 Å². The second-order valence-electron chi connectivity index (χ2n) is 5.62. The van der Waals surface area contributed by atoms with E-state index in [0.29, 0.717) is 12.5 Å². The van der Waals surface area contributed by atoms with Gasteiger partial charge in [0.2, 0.25) is 5.91 Å². The van der Waals surface area contributed by atoms with E-state index in [1.807, 2.05) is 52.7 Å². The van der Waals surface area contributed by atoms with Gasteiger partial charge in [-0.05, 0) is 12.1 Å². The molecule has 1 N–H and O–H groups in total. The lowest BCUT2D eigenvalue weighted by Gasteiger charge is -2.21. The highest BCUT2D eigenvalue weighted by molar-refractivity contribution is 8.03. The van der Waals surface area contributed by atoms with E-state index in [1.54, 1.807) is 7.11 Å².